The summed E-state index contributed by atoms with van der Waals surface area (Å²) in [5.41, 5.74) is 0. The number of anilines is 1. The van der Waals surface area contributed by atoms with Gasteiger partial charge in [0.05, 0.1) is 6.54 Å². The highest BCUT2D eigenvalue weighted by Crippen LogP contribution is 1.95. The topological polar surface area (TPSA) is 79.4 Å². The van der Waals surface area contributed by atoms with Crippen molar-refractivity contribution in [3.63, 3.8) is 0 Å². The first-order chi connectivity index (χ1) is 6.45. The SMILES string of the molecule is c1cnc(NCc2ncn[nH]2)nc1. The predicted molar refractivity (Wildman–Crippen MR) is 45.7 cm³/mol. The molecule has 0 spiro atoms. The van der Waals surface area contributed by atoms with Gasteiger partial charge in [0.2, 0.25) is 5.95 Å². The summed E-state index contributed by atoms with van der Waals surface area (Å²) in [6.45, 7) is 0.546. The minimum atomic E-state index is 0.546. The van der Waals surface area contributed by atoms with Crippen LogP contribution in [0.15, 0.2) is 24.8 Å². The van der Waals surface area contributed by atoms with Crippen LogP contribution >= 0.6 is 0 Å². The van der Waals surface area contributed by atoms with Crippen LogP contribution in [0.2, 0.25) is 0 Å². The number of rotatable bonds is 3. The van der Waals surface area contributed by atoms with Crippen LogP contribution in [0, 0.1) is 0 Å². The van der Waals surface area contributed by atoms with Crippen LogP contribution in [0.4, 0.5) is 5.95 Å². The van der Waals surface area contributed by atoms with E-state index in [1.54, 1.807) is 18.5 Å². The average molecular weight is 176 g/mol. The molecule has 0 aliphatic heterocycles. The summed E-state index contributed by atoms with van der Waals surface area (Å²) in [6, 6.07) is 1.76. The minimum absolute atomic E-state index is 0.546. The highest BCUT2D eigenvalue weighted by atomic mass is 15.2. The summed E-state index contributed by atoms with van der Waals surface area (Å²) in [5.74, 6) is 1.34. The molecule has 0 fully saturated rings. The Kier molecular flexibility index (Phi) is 2.13. The number of aromatic nitrogens is 5. The van der Waals surface area contributed by atoms with Gasteiger partial charge in [0, 0.05) is 12.4 Å². The van der Waals surface area contributed by atoms with Gasteiger partial charge < -0.3 is 5.32 Å². The molecule has 0 saturated carbocycles. The van der Waals surface area contributed by atoms with E-state index in [4.69, 9.17) is 0 Å². The number of hydrogen-bond acceptors (Lipinski definition) is 5. The molecule has 0 aromatic carbocycles. The first-order valence-corrected chi connectivity index (χ1v) is 3.80. The Morgan fingerprint density at radius 1 is 1.23 bits per heavy atom. The normalized spacial score (nSPS) is 9.85. The van der Waals surface area contributed by atoms with Crippen molar-refractivity contribution in [3.05, 3.63) is 30.6 Å². The van der Waals surface area contributed by atoms with Crippen molar-refractivity contribution < 1.29 is 0 Å². The number of aromatic amines is 1. The van der Waals surface area contributed by atoms with Gasteiger partial charge >= 0.3 is 0 Å². The molecule has 0 atom stereocenters. The van der Waals surface area contributed by atoms with Crippen LogP contribution in [0.3, 0.4) is 0 Å². The van der Waals surface area contributed by atoms with E-state index >= 15 is 0 Å². The highest BCUT2D eigenvalue weighted by Gasteiger charge is 1.95. The van der Waals surface area contributed by atoms with Gasteiger partial charge in [-0.25, -0.2) is 15.0 Å². The van der Waals surface area contributed by atoms with E-state index in [2.05, 4.69) is 30.5 Å². The second-order valence-electron chi connectivity index (χ2n) is 2.36. The molecule has 0 amide bonds. The largest absolute Gasteiger partial charge is 0.347 e. The Morgan fingerprint density at radius 2 is 2.08 bits per heavy atom. The van der Waals surface area contributed by atoms with Gasteiger partial charge in [0.15, 0.2) is 0 Å². The van der Waals surface area contributed by atoms with E-state index in [0.717, 1.165) is 5.82 Å². The third kappa shape index (κ3) is 1.98. The molecule has 2 aromatic rings. The van der Waals surface area contributed by atoms with Gasteiger partial charge in [-0.2, -0.15) is 5.10 Å². The standard InChI is InChI=1S/C7H8N6/c1-2-8-7(9-3-1)10-4-6-11-5-12-13-6/h1-3,5H,4H2,(H,8,9,10)(H,11,12,13). The van der Waals surface area contributed by atoms with Gasteiger partial charge in [-0.3, -0.25) is 5.10 Å². The lowest BCUT2D eigenvalue weighted by Crippen LogP contribution is -2.04. The van der Waals surface area contributed by atoms with Crippen molar-refractivity contribution in [2.75, 3.05) is 5.32 Å². The Morgan fingerprint density at radius 3 is 2.77 bits per heavy atom. The lowest BCUT2D eigenvalue weighted by molar-refractivity contribution is 0.935. The highest BCUT2D eigenvalue weighted by molar-refractivity contribution is 5.22. The predicted octanol–water partition coefficient (Wildman–Crippen LogP) is 0.207. The molecule has 2 aromatic heterocycles. The summed E-state index contributed by atoms with van der Waals surface area (Å²) in [5, 5.41) is 9.44. The van der Waals surface area contributed by atoms with Crippen molar-refractivity contribution in [1.82, 2.24) is 25.1 Å². The number of hydrogen-bond donors (Lipinski definition) is 2. The molecule has 0 unspecified atom stereocenters. The summed E-state index contributed by atoms with van der Waals surface area (Å²) in [7, 11) is 0. The molecule has 2 heterocycles. The maximum atomic E-state index is 3.99. The quantitative estimate of drug-likeness (QED) is 0.698. The van der Waals surface area contributed by atoms with Crippen molar-refractivity contribution in [1.29, 1.82) is 0 Å². The van der Waals surface area contributed by atoms with E-state index in [1.165, 1.54) is 6.33 Å². The van der Waals surface area contributed by atoms with Crippen molar-refractivity contribution >= 4 is 5.95 Å². The van der Waals surface area contributed by atoms with E-state index in [-0.39, 0.29) is 0 Å². The van der Waals surface area contributed by atoms with Crippen LogP contribution in [0.25, 0.3) is 0 Å². The first-order valence-electron chi connectivity index (χ1n) is 3.80. The summed E-state index contributed by atoms with van der Waals surface area (Å²) in [4.78, 5) is 11.9. The van der Waals surface area contributed by atoms with Gasteiger partial charge in [-0.1, -0.05) is 0 Å². The smallest absolute Gasteiger partial charge is 0.222 e. The molecule has 0 aliphatic rings. The third-order valence-electron chi connectivity index (χ3n) is 1.44. The molecule has 0 saturated heterocycles. The van der Waals surface area contributed by atoms with Gasteiger partial charge in [-0.15, -0.1) is 0 Å². The molecule has 6 heteroatoms. The molecular weight excluding hydrogens is 168 g/mol. The molecule has 2 N–H and O–H groups in total. The van der Waals surface area contributed by atoms with Crippen LogP contribution in [-0.4, -0.2) is 25.1 Å². The zero-order valence-corrected chi connectivity index (χ0v) is 6.81. The van der Waals surface area contributed by atoms with Crippen LogP contribution < -0.4 is 5.32 Å². The summed E-state index contributed by atoms with van der Waals surface area (Å²) >= 11 is 0. The average Bonchev–Trinajstić information content (AvgIpc) is 2.69. The number of nitrogens with zero attached hydrogens (tertiary/aromatic N) is 4. The molecular formula is C7H8N6. The second-order valence-corrected chi connectivity index (χ2v) is 2.36. The Hall–Kier alpha value is -1.98. The molecule has 66 valence electrons. The van der Waals surface area contributed by atoms with Gasteiger partial charge in [0.25, 0.3) is 0 Å². The number of H-pyrrole nitrogens is 1. The fourth-order valence-electron chi connectivity index (χ4n) is 0.869. The van der Waals surface area contributed by atoms with Crippen LogP contribution in [0.1, 0.15) is 5.82 Å². The van der Waals surface area contributed by atoms with Crippen LogP contribution in [0.5, 0.6) is 0 Å². The maximum absolute atomic E-state index is 3.99. The zero-order chi connectivity index (χ0) is 8.93. The van der Waals surface area contributed by atoms with Gasteiger partial charge in [-0.05, 0) is 6.07 Å². The molecule has 13 heavy (non-hydrogen) atoms. The monoisotopic (exact) mass is 176 g/mol. The first kappa shape index (κ1) is 7.66. The number of nitrogens with one attached hydrogen (secondary N) is 2. The lowest BCUT2D eigenvalue weighted by atomic mass is 10.6. The van der Waals surface area contributed by atoms with Crippen LogP contribution in [-0.2, 0) is 6.54 Å². The van der Waals surface area contributed by atoms with E-state index < -0.39 is 0 Å². The third-order valence-corrected chi connectivity index (χ3v) is 1.44. The van der Waals surface area contributed by atoms with Gasteiger partial charge in [0.1, 0.15) is 12.2 Å². The van der Waals surface area contributed by atoms with E-state index in [9.17, 15) is 0 Å². The molecule has 0 aliphatic carbocycles. The Bertz CT molecular complexity index is 342. The summed E-state index contributed by atoms with van der Waals surface area (Å²) in [6.07, 6.45) is 4.81. The van der Waals surface area contributed by atoms with Crippen molar-refractivity contribution in [2.24, 2.45) is 0 Å². The second kappa shape index (κ2) is 3.61. The Balaban J connectivity index is 1.94. The fraction of sp³-hybridized carbons (Fsp3) is 0.143. The van der Waals surface area contributed by atoms with Crippen molar-refractivity contribution in [2.45, 2.75) is 6.54 Å². The van der Waals surface area contributed by atoms with E-state index in [1.807, 2.05) is 0 Å². The lowest BCUT2D eigenvalue weighted by Gasteiger charge is -1.99. The molecule has 2 rings (SSSR count). The maximum Gasteiger partial charge on any atom is 0.222 e. The zero-order valence-electron chi connectivity index (χ0n) is 6.81. The Labute approximate surface area is 74.5 Å². The molecule has 0 radical (unpaired) electrons. The molecule has 6 nitrogen and oxygen atoms in total. The fourth-order valence-corrected chi connectivity index (χ4v) is 0.869. The van der Waals surface area contributed by atoms with Crippen molar-refractivity contribution in [3.8, 4) is 0 Å². The molecule has 0 bridgehead atoms. The minimum Gasteiger partial charge on any atom is -0.347 e. The van der Waals surface area contributed by atoms with E-state index in [0.29, 0.717) is 12.5 Å². The summed E-state index contributed by atoms with van der Waals surface area (Å²) < 4.78 is 0.